The minimum absolute atomic E-state index is 0.0105. The van der Waals surface area contributed by atoms with Crippen LogP contribution >= 0.6 is 0 Å². The van der Waals surface area contributed by atoms with Gasteiger partial charge in [0.15, 0.2) is 0 Å². The summed E-state index contributed by atoms with van der Waals surface area (Å²) < 4.78 is 5.29. The third kappa shape index (κ3) is 7.84. The van der Waals surface area contributed by atoms with Crippen LogP contribution in [0.1, 0.15) is 89.3 Å². The fraction of sp³-hybridized carbons (Fsp3) is 0.548. The first kappa shape index (κ1) is 27.8. The SMILES string of the molecule is CCC(C(=O)NC1CCCCC1)N(Cc1ccc(OC)cc1)C(=O)CCc1ccc(C(C)(C)C)cc1. The van der Waals surface area contributed by atoms with Crippen molar-refractivity contribution in [1.82, 2.24) is 10.2 Å². The zero-order valence-electron chi connectivity index (χ0n) is 22.8. The maximum atomic E-state index is 13.6. The Morgan fingerprint density at radius 2 is 1.58 bits per heavy atom. The summed E-state index contributed by atoms with van der Waals surface area (Å²) in [6.45, 7) is 9.00. The highest BCUT2D eigenvalue weighted by Gasteiger charge is 2.30. The fourth-order valence-electron chi connectivity index (χ4n) is 4.96. The zero-order chi connectivity index (χ0) is 26.1. The Labute approximate surface area is 217 Å². The summed E-state index contributed by atoms with van der Waals surface area (Å²) in [6.07, 6.45) is 7.22. The average molecular weight is 493 g/mol. The van der Waals surface area contributed by atoms with Crippen LogP contribution in [0, 0.1) is 0 Å². The molecule has 2 aromatic rings. The molecule has 0 spiro atoms. The van der Waals surface area contributed by atoms with Crippen LogP contribution in [0.15, 0.2) is 48.5 Å². The van der Waals surface area contributed by atoms with Gasteiger partial charge in [0.05, 0.1) is 7.11 Å². The lowest BCUT2D eigenvalue weighted by molar-refractivity contribution is -0.141. The lowest BCUT2D eigenvalue weighted by Crippen LogP contribution is -2.51. The van der Waals surface area contributed by atoms with Crippen molar-refractivity contribution in [2.75, 3.05) is 7.11 Å². The van der Waals surface area contributed by atoms with E-state index in [2.05, 4.69) is 50.4 Å². The van der Waals surface area contributed by atoms with Crippen molar-refractivity contribution in [2.24, 2.45) is 0 Å². The number of aryl methyl sites for hydroxylation is 1. The molecule has 196 valence electrons. The quantitative estimate of drug-likeness (QED) is 0.431. The third-order valence-electron chi connectivity index (χ3n) is 7.30. The summed E-state index contributed by atoms with van der Waals surface area (Å²) in [6, 6.07) is 16.0. The third-order valence-corrected chi connectivity index (χ3v) is 7.30. The highest BCUT2D eigenvalue weighted by Crippen LogP contribution is 2.23. The predicted molar refractivity (Wildman–Crippen MR) is 146 cm³/mol. The van der Waals surface area contributed by atoms with Crippen LogP contribution in [0.5, 0.6) is 5.75 Å². The maximum Gasteiger partial charge on any atom is 0.243 e. The van der Waals surface area contributed by atoms with Crippen molar-refractivity contribution >= 4 is 11.8 Å². The average Bonchev–Trinajstić information content (AvgIpc) is 2.88. The van der Waals surface area contributed by atoms with Gasteiger partial charge in [-0.15, -0.1) is 0 Å². The van der Waals surface area contributed by atoms with Gasteiger partial charge in [-0.05, 0) is 59.9 Å². The Bertz CT molecular complexity index is 970. The molecule has 1 N–H and O–H groups in total. The van der Waals surface area contributed by atoms with Gasteiger partial charge in [-0.1, -0.05) is 83.4 Å². The van der Waals surface area contributed by atoms with E-state index in [1.54, 1.807) is 12.0 Å². The molecule has 5 nitrogen and oxygen atoms in total. The van der Waals surface area contributed by atoms with Crippen LogP contribution in [0.25, 0.3) is 0 Å². The van der Waals surface area contributed by atoms with Crippen LogP contribution in [-0.2, 0) is 28.0 Å². The first-order valence-corrected chi connectivity index (χ1v) is 13.5. The highest BCUT2D eigenvalue weighted by molar-refractivity contribution is 5.88. The van der Waals surface area contributed by atoms with E-state index in [0.717, 1.165) is 42.6 Å². The second kappa shape index (κ2) is 12.9. The molecule has 1 atom stereocenters. The molecule has 1 fully saturated rings. The fourth-order valence-corrected chi connectivity index (χ4v) is 4.96. The van der Waals surface area contributed by atoms with Crippen molar-refractivity contribution in [3.8, 4) is 5.75 Å². The lowest BCUT2D eigenvalue weighted by Gasteiger charge is -2.33. The predicted octanol–water partition coefficient (Wildman–Crippen LogP) is 6.18. The molecule has 0 aliphatic heterocycles. The van der Waals surface area contributed by atoms with Crippen molar-refractivity contribution in [3.63, 3.8) is 0 Å². The van der Waals surface area contributed by atoms with Crippen LogP contribution in [0.4, 0.5) is 0 Å². The Morgan fingerprint density at radius 1 is 0.972 bits per heavy atom. The van der Waals surface area contributed by atoms with Crippen LogP contribution in [-0.4, -0.2) is 35.9 Å². The van der Waals surface area contributed by atoms with E-state index in [9.17, 15) is 9.59 Å². The minimum atomic E-state index is -0.482. The van der Waals surface area contributed by atoms with Gasteiger partial charge in [-0.25, -0.2) is 0 Å². The number of ether oxygens (including phenoxy) is 1. The molecule has 1 aliphatic carbocycles. The lowest BCUT2D eigenvalue weighted by atomic mass is 9.86. The monoisotopic (exact) mass is 492 g/mol. The molecule has 0 aromatic heterocycles. The molecular formula is C31H44N2O3. The van der Waals surface area contributed by atoms with E-state index >= 15 is 0 Å². The molecular weight excluding hydrogens is 448 g/mol. The summed E-state index contributed by atoms with van der Waals surface area (Å²) in [7, 11) is 1.64. The number of methoxy groups -OCH3 is 1. The van der Waals surface area contributed by atoms with E-state index in [1.165, 1.54) is 12.0 Å². The number of carbonyl (C=O) groups excluding carboxylic acids is 2. The van der Waals surface area contributed by atoms with Gasteiger partial charge in [0, 0.05) is 19.0 Å². The van der Waals surface area contributed by atoms with E-state index in [-0.39, 0.29) is 23.3 Å². The van der Waals surface area contributed by atoms with E-state index in [4.69, 9.17) is 4.74 Å². The molecule has 2 aromatic carbocycles. The summed E-state index contributed by atoms with van der Waals surface area (Å²) in [5, 5.41) is 3.25. The Morgan fingerprint density at radius 3 is 2.14 bits per heavy atom. The molecule has 5 heteroatoms. The first-order valence-electron chi connectivity index (χ1n) is 13.5. The van der Waals surface area contributed by atoms with Crippen LogP contribution in [0.3, 0.4) is 0 Å². The molecule has 1 saturated carbocycles. The molecule has 0 saturated heterocycles. The molecule has 0 radical (unpaired) electrons. The number of amides is 2. The second-order valence-electron chi connectivity index (χ2n) is 11.1. The summed E-state index contributed by atoms with van der Waals surface area (Å²) in [4.78, 5) is 28.7. The minimum Gasteiger partial charge on any atom is -0.497 e. The van der Waals surface area contributed by atoms with Gasteiger partial charge in [0.2, 0.25) is 11.8 Å². The summed E-state index contributed by atoms with van der Waals surface area (Å²) >= 11 is 0. The maximum absolute atomic E-state index is 13.6. The van der Waals surface area contributed by atoms with Crippen molar-refractivity contribution in [2.45, 2.75) is 103 Å². The topological polar surface area (TPSA) is 58.6 Å². The zero-order valence-corrected chi connectivity index (χ0v) is 22.8. The van der Waals surface area contributed by atoms with Gasteiger partial charge < -0.3 is 15.0 Å². The smallest absolute Gasteiger partial charge is 0.243 e. The van der Waals surface area contributed by atoms with Gasteiger partial charge >= 0.3 is 0 Å². The van der Waals surface area contributed by atoms with Gasteiger partial charge in [-0.2, -0.15) is 0 Å². The molecule has 36 heavy (non-hydrogen) atoms. The van der Waals surface area contributed by atoms with Crippen molar-refractivity contribution < 1.29 is 14.3 Å². The largest absolute Gasteiger partial charge is 0.497 e. The normalized spacial score (nSPS) is 15.2. The van der Waals surface area contributed by atoms with E-state index < -0.39 is 6.04 Å². The Hall–Kier alpha value is -2.82. The van der Waals surface area contributed by atoms with Gasteiger partial charge in [0.1, 0.15) is 11.8 Å². The van der Waals surface area contributed by atoms with E-state index in [1.807, 2.05) is 31.2 Å². The van der Waals surface area contributed by atoms with Crippen molar-refractivity contribution in [1.29, 1.82) is 0 Å². The molecule has 1 unspecified atom stereocenters. The standard InChI is InChI=1S/C31H44N2O3/c1-6-28(30(35)32-26-10-8-7-9-11-26)33(22-24-14-19-27(36-5)20-15-24)29(34)21-16-23-12-17-25(18-13-23)31(2,3)4/h12-15,17-20,26,28H,6-11,16,21-22H2,1-5H3,(H,32,35). The summed E-state index contributed by atoms with van der Waals surface area (Å²) in [5.41, 5.74) is 3.51. The number of rotatable bonds is 10. The van der Waals surface area contributed by atoms with Crippen molar-refractivity contribution in [3.05, 3.63) is 65.2 Å². The number of benzene rings is 2. The van der Waals surface area contributed by atoms with Gasteiger partial charge in [-0.3, -0.25) is 9.59 Å². The number of hydrogen-bond donors (Lipinski definition) is 1. The second-order valence-corrected chi connectivity index (χ2v) is 11.1. The molecule has 0 heterocycles. The van der Waals surface area contributed by atoms with Crippen LogP contribution in [0.2, 0.25) is 0 Å². The number of nitrogens with one attached hydrogen (secondary N) is 1. The Balaban J connectivity index is 1.74. The number of nitrogens with zero attached hydrogens (tertiary/aromatic N) is 1. The highest BCUT2D eigenvalue weighted by atomic mass is 16.5. The van der Waals surface area contributed by atoms with E-state index in [0.29, 0.717) is 25.8 Å². The summed E-state index contributed by atoms with van der Waals surface area (Å²) in [5.74, 6) is 0.759. The van der Waals surface area contributed by atoms with Gasteiger partial charge in [0.25, 0.3) is 0 Å². The number of hydrogen-bond acceptors (Lipinski definition) is 3. The Kier molecular flexibility index (Phi) is 9.98. The number of carbonyl (C=O) groups is 2. The molecule has 2 amide bonds. The van der Waals surface area contributed by atoms with Crippen LogP contribution < -0.4 is 10.1 Å². The first-order chi connectivity index (χ1) is 17.2. The molecule has 3 rings (SSSR count). The molecule has 1 aliphatic rings. The molecule has 0 bridgehead atoms.